The molecule has 0 aliphatic heterocycles. The van der Waals surface area contributed by atoms with Gasteiger partial charge in [-0.25, -0.2) is 0 Å². The highest BCUT2D eigenvalue weighted by Gasteiger charge is 2.20. The Morgan fingerprint density at radius 2 is 2.25 bits per heavy atom. The van der Waals surface area contributed by atoms with E-state index in [-0.39, 0.29) is 5.84 Å². The maximum atomic E-state index is 6.94. The van der Waals surface area contributed by atoms with Crippen LogP contribution in [0.1, 0.15) is 20.3 Å². The average molecular weight is 135 g/mol. The van der Waals surface area contributed by atoms with Gasteiger partial charge in [0.25, 0.3) is 0 Å². The van der Waals surface area contributed by atoms with Gasteiger partial charge in [0.1, 0.15) is 5.84 Å². The third-order valence-electron chi connectivity index (χ3n) is 1.23. The van der Waals surface area contributed by atoms with E-state index in [9.17, 15) is 0 Å². The first-order chi connectivity index (χ1) is 3.50. The molecular formula is C5H11ClN2. The zero-order valence-electron chi connectivity index (χ0n) is 5.16. The van der Waals surface area contributed by atoms with Crippen LogP contribution >= 0.6 is 11.6 Å². The molecule has 0 saturated heterocycles. The zero-order chi connectivity index (χ0) is 6.78. The molecule has 1 atom stereocenters. The summed E-state index contributed by atoms with van der Waals surface area (Å²) in [7, 11) is 0. The van der Waals surface area contributed by atoms with Gasteiger partial charge in [0, 0.05) is 0 Å². The van der Waals surface area contributed by atoms with E-state index >= 15 is 0 Å². The topological polar surface area (TPSA) is 49.9 Å². The monoisotopic (exact) mass is 134 g/mol. The van der Waals surface area contributed by atoms with Gasteiger partial charge in [-0.15, -0.1) is 11.6 Å². The summed E-state index contributed by atoms with van der Waals surface area (Å²) in [4.78, 5) is -0.625. The van der Waals surface area contributed by atoms with Gasteiger partial charge in [-0.1, -0.05) is 6.92 Å². The number of hydrogen-bond donors (Lipinski definition) is 2. The molecule has 48 valence electrons. The van der Waals surface area contributed by atoms with Gasteiger partial charge in [0.15, 0.2) is 0 Å². The molecule has 0 aliphatic rings. The summed E-state index contributed by atoms with van der Waals surface area (Å²) in [6, 6.07) is 0. The first-order valence-electron chi connectivity index (χ1n) is 2.54. The second-order valence-electron chi connectivity index (χ2n) is 1.96. The fraction of sp³-hybridized carbons (Fsp3) is 0.800. The summed E-state index contributed by atoms with van der Waals surface area (Å²) in [5.41, 5.74) is 5.13. The minimum Gasteiger partial charge on any atom is -0.386 e. The van der Waals surface area contributed by atoms with Crippen molar-refractivity contribution < 1.29 is 0 Å². The van der Waals surface area contributed by atoms with Crippen molar-refractivity contribution in [1.82, 2.24) is 0 Å². The molecule has 0 aromatic heterocycles. The van der Waals surface area contributed by atoms with E-state index in [4.69, 9.17) is 22.7 Å². The van der Waals surface area contributed by atoms with Crippen molar-refractivity contribution in [2.75, 3.05) is 0 Å². The zero-order valence-corrected chi connectivity index (χ0v) is 5.92. The lowest BCUT2D eigenvalue weighted by atomic mass is 10.1. The van der Waals surface area contributed by atoms with Crippen LogP contribution in [0.2, 0.25) is 0 Å². The molecule has 0 bridgehead atoms. The van der Waals surface area contributed by atoms with Gasteiger partial charge in [-0.05, 0) is 13.3 Å². The van der Waals surface area contributed by atoms with Crippen LogP contribution in [-0.2, 0) is 0 Å². The Morgan fingerprint density at radius 1 is 1.88 bits per heavy atom. The first kappa shape index (κ1) is 7.76. The lowest BCUT2D eigenvalue weighted by Crippen LogP contribution is -2.33. The highest BCUT2D eigenvalue weighted by molar-refractivity contribution is 6.34. The summed E-state index contributed by atoms with van der Waals surface area (Å²) >= 11 is 5.71. The molecule has 0 aromatic rings. The SMILES string of the molecule is CCC(C)(Cl)C(=N)N. The second-order valence-corrected chi connectivity index (χ2v) is 2.80. The van der Waals surface area contributed by atoms with Crippen molar-refractivity contribution in [2.45, 2.75) is 25.1 Å². The highest BCUT2D eigenvalue weighted by atomic mass is 35.5. The van der Waals surface area contributed by atoms with Crippen LogP contribution in [0, 0.1) is 5.41 Å². The van der Waals surface area contributed by atoms with Crippen molar-refractivity contribution in [2.24, 2.45) is 5.73 Å². The van der Waals surface area contributed by atoms with Crippen LogP contribution in [0.25, 0.3) is 0 Å². The van der Waals surface area contributed by atoms with Gasteiger partial charge in [-0.2, -0.15) is 0 Å². The van der Waals surface area contributed by atoms with E-state index in [1.807, 2.05) is 6.92 Å². The third-order valence-corrected chi connectivity index (χ3v) is 1.70. The van der Waals surface area contributed by atoms with Crippen molar-refractivity contribution in [3.63, 3.8) is 0 Å². The number of rotatable bonds is 2. The number of amidine groups is 1. The number of nitrogens with two attached hydrogens (primary N) is 1. The Labute approximate surface area is 54.5 Å². The van der Waals surface area contributed by atoms with E-state index in [0.29, 0.717) is 6.42 Å². The summed E-state index contributed by atoms with van der Waals surface area (Å²) in [5, 5.41) is 6.94. The van der Waals surface area contributed by atoms with Gasteiger partial charge >= 0.3 is 0 Å². The molecule has 0 aliphatic carbocycles. The number of nitrogens with one attached hydrogen (secondary N) is 1. The highest BCUT2D eigenvalue weighted by Crippen LogP contribution is 2.16. The van der Waals surface area contributed by atoms with Crippen LogP contribution in [0.15, 0.2) is 0 Å². The van der Waals surface area contributed by atoms with Crippen LogP contribution in [0.5, 0.6) is 0 Å². The Morgan fingerprint density at radius 3 is 2.25 bits per heavy atom. The molecule has 0 aromatic carbocycles. The molecule has 0 heterocycles. The molecule has 0 spiro atoms. The van der Waals surface area contributed by atoms with Gasteiger partial charge in [-0.3, -0.25) is 5.41 Å². The molecule has 0 rings (SSSR count). The lowest BCUT2D eigenvalue weighted by molar-refractivity contribution is 0.769. The normalized spacial score (nSPS) is 17.4. The van der Waals surface area contributed by atoms with Crippen LogP contribution < -0.4 is 5.73 Å². The summed E-state index contributed by atoms with van der Waals surface area (Å²) in [6.45, 7) is 3.63. The quantitative estimate of drug-likeness (QED) is 0.334. The molecule has 0 fully saturated rings. The van der Waals surface area contributed by atoms with E-state index in [0.717, 1.165) is 0 Å². The van der Waals surface area contributed by atoms with E-state index < -0.39 is 4.87 Å². The van der Waals surface area contributed by atoms with Gasteiger partial charge < -0.3 is 5.73 Å². The fourth-order valence-corrected chi connectivity index (χ4v) is 0.190. The molecule has 0 radical (unpaired) electrons. The van der Waals surface area contributed by atoms with Gasteiger partial charge in [0.05, 0.1) is 4.87 Å². The van der Waals surface area contributed by atoms with Crippen molar-refractivity contribution >= 4 is 17.4 Å². The number of alkyl halides is 1. The molecule has 2 nitrogen and oxygen atoms in total. The molecule has 3 N–H and O–H groups in total. The summed E-state index contributed by atoms with van der Waals surface area (Å²) in [6.07, 6.45) is 0.698. The fourth-order valence-electron chi connectivity index (χ4n) is 0.190. The van der Waals surface area contributed by atoms with Crippen LogP contribution in [-0.4, -0.2) is 10.7 Å². The Hall–Kier alpha value is -0.240. The smallest absolute Gasteiger partial charge is 0.112 e. The van der Waals surface area contributed by atoms with Gasteiger partial charge in [0.2, 0.25) is 0 Å². The summed E-state index contributed by atoms with van der Waals surface area (Å²) < 4.78 is 0. The molecule has 0 saturated carbocycles. The van der Waals surface area contributed by atoms with Crippen LogP contribution in [0.3, 0.4) is 0 Å². The maximum absolute atomic E-state index is 6.94. The third kappa shape index (κ3) is 1.70. The minimum atomic E-state index is -0.625. The van der Waals surface area contributed by atoms with E-state index in [2.05, 4.69) is 0 Å². The lowest BCUT2D eigenvalue weighted by Gasteiger charge is -2.16. The predicted octanol–water partition coefficient (Wildman–Crippen LogP) is 1.33. The molecular weight excluding hydrogens is 124 g/mol. The van der Waals surface area contributed by atoms with Crippen molar-refractivity contribution in [1.29, 1.82) is 5.41 Å². The molecule has 1 unspecified atom stereocenters. The second kappa shape index (κ2) is 2.35. The van der Waals surface area contributed by atoms with E-state index in [1.165, 1.54) is 0 Å². The molecule has 3 heteroatoms. The van der Waals surface area contributed by atoms with Crippen molar-refractivity contribution in [3.05, 3.63) is 0 Å². The standard InChI is InChI=1S/C5H11ClN2/c1-3-5(2,6)4(7)8/h3H2,1-2H3,(H3,7,8). The minimum absolute atomic E-state index is 0.0432. The Balaban J connectivity index is 3.91. The van der Waals surface area contributed by atoms with Crippen LogP contribution in [0.4, 0.5) is 0 Å². The average Bonchev–Trinajstić information content (AvgIpc) is 1.67. The summed E-state index contributed by atoms with van der Waals surface area (Å²) in [5.74, 6) is 0.0432. The Kier molecular flexibility index (Phi) is 2.28. The Bertz CT molecular complexity index is 98.6. The first-order valence-corrected chi connectivity index (χ1v) is 2.92. The molecule has 0 amide bonds. The van der Waals surface area contributed by atoms with E-state index in [1.54, 1.807) is 6.92 Å². The number of hydrogen-bond acceptors (Lipinski definition) is 1. The maximum Gasteiger partial charge on any atom is 0.112 e. The largest absolute Gasteiger partial charge is 0.386 e. The predicted molar refractivity (Wildman–Crippen MR) is 36.5 cm³/mol. The molecule has 8 heavy (non-hydrogen) atoms. The number of halogens is 1. The van der Waals surface area contributed by atoms with Crippen molar-refractivity contribution in [3.8, 4) is 0 Å².